The van der Waals surface area contributed by atoms with Crippen LogP contribution < -0.4 is 11.5 Å². The average Bonchev–Trinajstić information content (AvgIpc) is 3.03. The van der Waals surface area contributed by atoms with Crippen LogP contribution in [0.5, 0.6) is 0 Å². The van der Waals surface area contributed by atoms with Crippen molar-refractivity contribution in [2.45, 2.75) is 18.9 Å². The molecule has 2 aromatic heterocycles. The molecule has 0 aliphatic carbocycles. The van der Waals surface area contributed by atoms with E-state index in [2.05, 4.69) is 19.9 Å². The molecule has 0 unspecified atom stereocenters. The Hall–Kier alpha value is -2.19. The minimum absolute atomic E-state index is 0.287. The van der Waals surface area contributed by atoms with Gasteiger partial charge in [-0.25, -0.2) is 9.97 Å². The molecule has 0 aliphatic rings. The summed E-state index contributed by atoms with van der Waals surface area (Å²) in [5.41, 5.74) is 12.4. The Morgan fingerprint density at radius 2 is 1.84 bits per heavy atom. The number of imidazole rings is 2. The molecule has 7 N–H and O–H groups in total. The van der Waals surface area contributed by atoms with Gasteiger partial charge in [0.2, 0.25) is 0 Å². The van der Waals surface area contributed by atoms with E-state index in [1.54, 1.807) is 18.7 Å². The first kappa shape index (κ1) is 14.9. The molecule has 0 saturated heterocycles. The first-order valence-corrected chi connectivity index (χ1v) is 5.76. The third-order valence-electron chi connectivity index (χ3n) is 2.28. The average molecular weight is 266 g/mol. The highest BCUT2D eigenvalue weighted by atomic mass is 16.4. The number of aromatic nitrogens is 4. The summed E-state index contributed by atoms with van der Waals surface area (Å²) < 4.78 is 0. The molecular weight excluding hydrogens is 248 g/mol. The summed E-state index contributed by atoms with van der Waals surface area (Å²) in [5, 5.41) is 8.42. The van der Waals surface area contributed by atoms with Gasteiger partial charge in [-0.3, -0.25) is 4.79 Å². The topological polar surface area (TPSA) is 147 Å². The maximum Gasteiger partial charge on any atom is 0.320 e. The predicted molar refractivity (Wildman–Crippen MR) is 69.2 cm³/mol. The second-order valence-corrected chi connectivity index (χ2v) is 3.84. The lowest BCUT2D eigenvalue weighted by molar-refractivity contribution is -0.138. The number of aliphatic carboxylic acids is 1. The van der Waals surface area contributed by atoms with Crippen molar-refractivity contribution in [3.05, 3.63) is 36.4 Å². The molecule has 104 valence electrons. The largest absolute Gasteiger partial charge is 0.480 e. The minimum Gasteiger partial charge on any atom is -0.480 e. The highest BCUT2D eigenvalue weighted by Gasteiger charge is 2.11. The number of nitrogens with zero attached hydrogens (tertiary/aromatic N) is 2. The van der Waals surface area contributed by atoms with Crippen molar-refractivity contribution in [2.24, 2.45) is 11.5 Å². The van der Waals surface area contributed by atoms with Crippen molar-refractivity contribution in [3.8, 4) is 0 Å². The van der Waals surface area contributed by atoms with Gasteiger partial charge >= 0.3 is 5.97 Å². The van der Waals surface area contributed by atoms with E-state index in [-0.39, 0.29) is 6.42 Å². The van der Waals surface area contributed by atoms with Crippen molar-refractivity contribution in [3.63, 3.8) is 0 Å². The fraction of sp³-hybridized carbons (Fsp3) is 0.364. The van der Waals surface area contributed by atoms with Crippen LogP contribution >= 0.6 is 0 Å². The number of nitrogens with one attached hydrogen (secondary N) is 2. The number of carboxylic acids is 1. The summed E-state index contributed by atoms with van der Waals surface area (Å²) in [6, 6.07) is -0.851. The van der Waals surface area contributed by atoms with Gasteiger partial charge in [0.25, 0.3) is 0 Å². The van der Waals surface area contributed by atoms with Gasteiger partial charge in [-0.2, -0.15) is 0 Å². The van der Waals surface area contributed by atoms with Crippen LogP contribution in [0.4, 0.5) is 0 Å². The lowest BCUT2D eigenvalue weighted by atomic mass is 10.2. The number of hydrogen-bond donors (Lipinski definition) is 5. The molecule has 2 rings (SSSR count). The van der Waals surface area contributed by atoms with Crippen LogP contribution in [0, 0.1) is 0 Å². The van der Waals surface area contributed by atoms with Crippen molar-refractivity contribution in [1.29, 1.82) is 0 Å². The summed E-state index contributed by atoms with van der Waals surface area (Å²) >= 11 is 0. The molecule has 0 fully saturated rings. The Balaban J connectivity index is 0.000000200. The van der Waals surface area contributed by atoms with E-state index in [4.69, 9.17) is 16.6 Å². The van der Waals surface area contributed by atoms with Crippen molar-refractivity contribution < 1.29 is 9.90 Å². The van der Waals surface area contributed by atoms with E-state index in [9.17, 15) is 4.79 Å². The normalized spacial score (nSPS) is 11.5. The molecule has 2 heterocycles. The summed E-state index contributed by atoms with van der Waals surface area (Å²) in [7, 11) is 0. The maximum absolute atomic E-state index is 10.3. The zero-order valence-corrected chi connectivity index (χ0v) is 10.4. The van der Waals surface area contributed by atoms with Crippen molar-refractivity contribution >= 4 is 5.97 Å². The number of H-pyrrole nitrogens is 2. The van der Waals surface area contributed by atoms with Gasteiger partial charge in [0.15, 0.2) is 0 Å². The van der Waals surface area contributed by atoms with E-state index in [0.717, 1.165) is 17.8 Å². The smallest absolute Gasteiger partial charge is 0.320 e. The summed E-state index contributed by atoms with van der Waals surface area (Å²) in [6.07, 6.45) is 7.67. The zero-order valence-electron chi connectivity index (χ0n) is 10.4. The Kier molecular flexibility index (Phi) is 6.27. The van der Waals surface area contributed by atoms with E-state index >= 15 is 0 Å². The quantitative estimate of drug-likeness (QED) is 0.482. The van der Waals surface area contributed by atoms with Crippen molar-refractivity contribution in [1.82, 2.24) is 19.9 Å². The van der Waals surface area contributed by atoms with Crippen LogP contribution in [0.2, 0.25) is 0 Å². The van der Waals surface area contributed by atoms with Gasteiger partial charge < -0.3 is 26.5 Å². The first-order valence-electron chi connectivity index (χ1n) is 5.76. The van der Waals surface area contributed by atoms with E-state index < -0.39 is 12.0 Å². The molecule has 0 bridgehead atoms. The number of carboxylic acid groups (broad SMARTS) is 1. The van der Waals surface area contributed by atoms with Gasteiger partial charge in [0.05, 0.1) is 12.7 Å². The summed E-state index contributed by atoms with van der Waals surface area (Å²) in [4.78, 5) is 23.5. The van der Waals surface area contributed by atoms with Gasteiger partial charge in [-0.05, 0) is 6.54 Å². The van der Waals surface area contributed by atoms with Gasteiger partial charge in [0, 0.05) is 36.6 Å². The molecule has 2 aromatic rings. The molecule has 0 radical (unpaired) electrons. The molecule has 0 aliphatic heterocycles. The molecule has 0 aromatic carbocycles. The monoisotopic (exact) mass is 266 g/mol. The number of aromatic amines is 2. The number of nitrogens with two attached hydrogens (primary N) is 2. The minimum atomic E-state index is -1.00. The fourth-order valence-electron chi connectivity index (χ4n) is 1.30. The molecular formula is C11H18N6O2. The standard InChI is InChI=1S/C6H9N3O2.C5H9N3/c7-5(6(10)11)1-4-2-8-3-9-4;6-2-1-5-3-7-4-8-5/h2-3,5H,1,7H2,(H,8,9)(H,10,11);3-4H,1-2,6H2,(H,7,8)/t5-;/m0./s1. The van der Waals surface area contributed by atoms with E-state index in [1.165, 1.54) is 6.33 Å². The second-order valence-electron chi connectivity index (χ2n) is 3.84. The second kappa shape index (κ2) is 8.01. The molecule has 8 nitrogen and oxygen atoms in total. The Morgan fingerprint density at radius 1 is 1.26 bits per heavy atom. The SMILES string of the molecule is NCCc1cnc[nH]1.N[C@@H](Cc1cnc[nH]1)C(=O)O. The lowest BCUT2D eigenvalue weighted by Gasteiger charge is -2.02. The highest BCUT2D eigenvalue weighted by molar-refractivity contribution is 5.73. The van der Waals surface area contributed by atoms with Crippen LogP contribution in [0.3, 0.4) is 0 Å². The maximum atomic E-state index is 10.3. The highest BCUT2D eigenvalue weighted by Crippen LogP contribution is 1.95. The van der Waals surface area contributed by atoms with Gasteiger partial charge in [-0.15, -0.1) is 0 Å². The van der Waals surface area contributed by atoms with Crippen LogP contribution in [-0.4, -0.2) is 43.6 Å². The van der Waals surface area contributed by atoms with E-state index in [0.29, 0.717) is 6.54 Å². The summed E-state index contributed by atoms with van der Waals surface area (Å²) in [6.45, 7) is 0.683. The molecule has 8 heteroatoms. The van der Waals surface area contributed by atoms with Crippen LogP contribution in [0.15, 0.2) is 25.0 Å². The third-order valence-corrected chi connectivity index (χ3v) is 2.28. The van der Waals surface area contributed by atoms with Gasteiger partial charge in [0.1, 0.15) is 6.04 Å². The molecule has 0 amide bonds. The lowest BCUT2D eigenvalue weighted by Crippen LogP contribution is -2.32. The van der Waals surface area contributed by atoms with E-state index in [1.807, 2.05) is 0 Å². The number of rotatable bonds is 5. The van der Waals surface area contributed by atoms with Crippen LogP contribution in [-0.2, 0) is 17.6 Å². The van der Waals surface area contributed by atoms with Gasteiger partial charge in [-0.1, -0.05) is 0 Å². The number of hydrogen-bond acceptors (Lipinski definition) is 5. The van der Waals surface area contributed by atoms with Crippen LogP contribution in [0.1, 0.15) is 11.4 Å². The Morgan fingerprint density at radius 3 is 2.26 bits per heavy atom. The zero-order chi connectivity index (χ0) is 14.1. The summed E-state index contributed by atoms with van der Waals surface area (Å²) in [5.74, 6) is -1.00. The molecule has 19 heavy (non-hydrogen) atoms. The first-order chi connectivity index (χ1) is 9.13. The Bertz CT molecular complexity index is 454. The third kappa shape index (κ3) is 5.80. The number of carbonyl (C=O) groups is 1. The Labute approximate surface area is 110 Å². The molecule has 0 saturated carbocycles. The van der Waals surface area contributed by atoms with Crippen molar-refractivity contribution in [2.75, 3.05) is 6.54 Å². The predicted octanol–water partition coefficient (Wildman–Crippen LogP) is -0.725. The molecule has 0 spiro atoms. The van der Waals surface area contributed by atoms with Crippen LogP contribution in [0.25, 0.3) is 0 Å². The molecule has 1 atom stereocenters. The fourth-order valence-corrected chi connectivity index (χ4v) is 1.30.